The molecule has 2 nitrogen and oxygen atoms in total. The van der Waals surface area contributed by atoms with Crippen LogP contribution in [0.3, 0.4) is 0 Å². The second-order valence-corrected chi connectivity index (χ2v) is 11.6. The summed E-state index contributed by atoms with van der Waals surface area (Å²) in [7, 11) is 0. The molecule has 0 amide bonds. The lowest BCUT2D eigenvalue weighted by molar-refractivity contribution is 0.422. The predicted octanol–water partition coefficient (Wildman–Crippen LogP) is 8.02. The third kappa shape index (κ3) is 3.92. The van der Waals surface area contributed by atoms with E-state index in [1.54, 1.807) is 11.3 Å². The number of aromatic amines is 1. The quantitative estimate of drug-likeness (QED) is 0.338. The second kappa shape index (κ2) is 7.56. The highest BCUT2D eigenvalue weighted by molar-refractivity contribution is 7.10. The molecule has 2 aromatic carbocycles. The summed E-state index contributed by atoms with van der Waals surface area (Å²) in [5.41, 5.74) is 6.63. The van der Waals surface area contributed by atoms with Crippen molar-refractivity contribution in [2.24, 2.45) is 0 Å². The molecule has 0 aliphatic rings. The fourth-order valence-electron chi connectivity index (χ4n) is 4.57. The molecule has 162 valence electrons. The lowest BCUT2D eigenvalue weighted by Gasteiger charge is -2.30. The van der Waals surface area contributed by atoms with E-state index in [1.807, 2.05) is 0 Å². The summed E-state index contributed by atoms with van der Waals surface area (Å²) >= 11 is 1.80. The number of phenols is 1. The molecule has 2 N–H and O–H groups in total. The minimum atomic E-state index is -0.157. The number of aromatic hydroxyl groups is 1. The average molecular weight is 432 g/mol. The molecule has 0 aliphatic carbocycles. The maximum absolute atomic E-state index is 11.3. The maximum atomic E-state index is 11.3. The maximum Gasteiger partial charge on any atom is 0.123 e. The van der Waals surface area contributed by atoms with Gasteiger partial charge in [-0.2, -0.15) is 0 Å². The van der Waals surface area contributed by atoms with Gasteiger partial charge in [-0.25, -0.2) is 0 Å². The van der Waals surface area contributed by atoms with Crippen molar-refractivity contribution in [3.63, 3.8) is 0 Å². The zero-order valence-electron chi connectivity index (χ0n) is 19.6. The Hall–Kier alpha value is -2.52. The van der Waals surface area contributed by atoms with E-state index in [0.717, 1.165) is 11.1 Å². The topological polar surface area (TPSA) is 36.0 Å². The number of benzene rings is 2. The predicted molar refractivity (Wildman–Crippen MR) is 134 cm³/mol. The van der Waals surface area contributed by atoms with Crippen molar-refractivity contribution in [2.45, 2.75) is 65.2 Å². The van der Waals surface area contributed by atoms with Gasteiger partial charge in [-0.3, -0.25) is 0 Å². The molecule has 0 saturated carbocycles. The summed E-state index contributed by atoms with van der Waals surface area (Å²) in [5, 5.41) is 14.7. The molecule has 0 radical (unpaired) electrons. The number of para-hydroxylation sites is 1. The zero-order valence-corrected chi connectivity index (χ0v) is 20.4. The Balaban J connectivity index is 2.07. The summed E-state index contributed by atoms with van der Waals surface area (Å²) in [5.74, 6) is 0.545. The van der Waals surface area contributed by atoms with E-state index in [9.17, 15) is 5.11 Å². The number of hydrogen-bond acceptors (Lipinski definition) is 2. The Bertz CT molecular complexity index is 1180. The van der Waals surface area contributed by atoms with Crippen LogP contribution < -0.4 is 0 Å². The highest BCUT2D eigenvalue weighted by atomic mass is 32.1. The van der Waals surface area contributed by atoms with Crippen LogP contribution in [0.2, 0.25) is 0 Å². The molecule has 0 saturated heterocycles. The van der Waals surface area contributed by atoms with Gasteiger partial charge in [0.15, 0.2) is 0 Å². The van der Waals surface area contributed by atoms with Crippen LogP contribution in [0.15, 0.2) is 53.9 Å². The van der Waals surface area contributed by atoms with E-state index in [2.05, 4.69) is 107 Å². The molecule has 4 aromatic rings. The van der Waals surface area contributed by atoms with Crippen LogP contribution in [0.1, 0.15) is 80.3 Å². The smallest absolute Gasteiger partial charge is 0.123 e. The standard InChI is InChI=1S/C28H33NOS/c1-17-24(19-11-8-9-12-22(19)29-17)25(23-13-10-14-31-23)18-15-20(27(2,3)4)26(30)21(16-18)28(5,6)7/h8-16,25,29-30H,1-7H3/t25-/m1/s1. The van der Waals surface area contributed by atoms with Crippen molar-refractivity contribution < 1.29 is 5.11 Å². The Kier molecular flexibility index (Phi) is 5.29. The molecule has 0 spiro atoms. The molecule has 2 heterocycles. The van der Waals surface area contributed by atoms with E-state index < -0.39 is 0 Å². The fraction of sp³-hybridized carbons (Fsp3) is 0.357. The van der Waals surface area contributed by atoms with Gasteiger partial charge in [0.2, 0.25) is 0 Å². The number of nitrogens with one attached hydrogen (secondary N) is 1. The van der Waals surface area contributed by atoms with E-state index >= 15 is 0 Å². The van der Waals surface area contributed by atoms with Crippen molar-refractivity contribution >= 4 is 22.2 Å². The van der Waals surface area contributed by atoms with Gasteiger partial charge in [-0.15, -0.1) is 11.3 Å². The first kappa shape index (κ1) is 21.7. The van der Waals surface area contributed by atoms with Crippen LogP contribution in [0.5, 0.6) is 5.75 Å². The number of hydrogen-bond donors (Lipinski definition) is 2. The van der Waals surface area contributed by atoms with Crippen molar-refractivity contribution in [1.29, 1.82) is 0 Å². The van der Waals surface area contributed by atoms with Crippen LogP contribution in [0.4, 0.5) is 0 Å². The summed E-state index contributed by atoms with van der Waals surface area (Å²) in [6, 6.07) is 17.4. The highest BCUT2D eigenvalue weighted by Crippen LogP contribution is 2.46. The molecule has 31 heavy (non-hydrogen) atoms. The number of thiophene rings is 1. The zero-order chi connectivity index (χ0) is 22.6. The molecule has 3 heteroatoms. The van der Waals surface area contributed by atoms with E-state index in [0.29, 0.717) is 5.75 Å². The van der Waals surface area contributed by atoms with Crippen molar-refractivity contribution in [1.82, 2.24) is 4.98 Å². The Labute approximate surface area is 190 Å². The molecule has 0 bridgehead atoms. The van der Waals surface area contributed by atoms with Gasteiger partial charge in [-0.05, 0) is 57.5 Å². The van der Waals surface area contributed by atoms with Gasteiger partial charge in [0.25, 0.3) is 0 Å². The molecule has 0 aliphatic heterocycles. The van der Waals surface area contributed by atoms with Crippen LogP contribution in [0, 0.1) is 6.92 Å². The minimum Gasteiger partial charge on any atom is -0.507 e. The van der Waals surface area contributed by atoms with Gasteiger partial charge < -0.3 is 10.1 Å². The van der Waals surface area contributed by atoms with Crippen LogP contribution in [-0.4, -0.2) is 10.1 Å². The van der Waals surface area contributed by atoms with Gasteiger partial charge in [0.1, 0.15) is 5.75 Å². The van der Waals surface area contributed by atoms with E-state index in [4.69, 9.17) is 0 Å². The minimum absolute atomic E-state index is 0.110. The Morgan fingerprint density at radius 3 is 2.03 bits per heavy atom. The van der Waals surface area contributed by atoms with Crippen LogP contribution >= 0.6 is 11.3 Å². The number of fused-ring (bicyclic) bond motifs is 1. The second-order valence-electron chi connectivity index (χ2n) is 10.6. The first-order valence-electron chi connectivity index (χ1n) is 11.0. The molecule has 0 unspecified atom stereocenters. The molecular formula is C28H33NOS. The Morgan fingerprint density at radius 2 is 1.48 bits per heavy atom. The summed E-state index contributed by atoms with van der Waals surface area (Å²) < 4.78 is 0. The normalized spacial score (nSPS) is 13.6. The SMILES string of the molecule is Cc1[nH]c2ccccc2c1[C@H](c1cc(C(C)(C)C)c(O)c(C(C)(C)C)c1)c1cccs1. The van der Waals surface area contributed by atoms with Gasteiger partial charge in [-0.1, -0.05) is 77.9 Å². The van der Waals surface area contributed by atoms with Gasteiger partial charge >= 0.3 is 0 Å². The van der Waals surface area contributed by atoms with E-state index in [1.165, 1.54) is 32.6 Å². The third-order valence-electron chi connectivity index (χ3n) is 6.14. The summed E-state index contributed by atoms with van der Waals surface area (Å²) in [6.45, 7) is 15.2. The molecule has 4 rings (SSSR count). The lowest BCUT2D eigenvalue weighted by Crippen LogP contribution is -2.19. The monoisotopic (exact) mass is 431 g/mol. The first-order valence-corrected chi connectivity index (χ1v) is 11.8. The molecule has 2 aromatic heterocycles. The van der Waals surface area contributed by atoms with E-state index in [-0.39, 0.29) is 16.7 Å². The molecular weight excluding hydrogens is 398 g/mol. The number of aryl methyl sites for hydroxylation is 1. The van der Waals surface area contributed by atoms with Gasteiger partial charge in [0, 0.05) is 27.4 Å². The average Bonchev–Trinajstić information content (AvgIpc) is 3.30. The highest BCUT2D eigenvalue weighted by Gasteiger charge is 2.30. The summed E-state index contributed by atoms with van der Waals surface area (Å²) in [4.78, 5) is 4.91. The van der Waals surface area contributed by atoms with Crippen molar-refractivity contribution in [2.75, 3.05) is 0 Å². The fourth-order valence-corrected chi connectivity index (χ4v) is 5.43. The largest absolute Gasteiger partial charge is 0.507 e. The molecule has 0 fully saturated rings. The number of H-pyrrole nitrogens is 1. The number of phenolic OH excluding ortho intramolecular Hbond substituents is 1. The van der Waals surface area contributed by atoms with Crippen LogP contribution in [-0.2, 0) is 10.8 Å². The van der Waals surface area contributed by atoms with Crippen LogP contribution in [0.25, 0.3) is 10.9 Å². The lowest BCUT2D eigenvalue weighted by atomic mass is 9.76. The van der Waals surface area contributed by atoms with Crippen molar-refractivity contribution in [3.8, 4) is 5.75 Å². The molecule has 1 atom stereocenters. The Morgan fingerprint density at radius 1 is 0.871 bits per heavy atom. The van der Waals surface area contributed by atoms with Crippen molar-refractivity contribution in [3.05, 3.63) is 86.7 Å². The first-order chi connectivity index (χ1) is 14.5. The van der Waals surface area contributed by atoms with Gasteiger partial charge in [0.05, 0.1) is 0 Å². The third-order valence-corrected chi connectivity index (χ3v) is 7.08. The summed E-state index contributed by atoms with van der Waals surface area (Å²) in [6.07, 6.45) is 0. The number of aromatic nitrogens is 1. The number of rotatable bonds is 3.